The Morgan fingerprint density at radius 2 is 0.563 bits per heavy atom. The summed E-state index contributed by atoms with van der Waals surface area (Å²) in [4.78, 5) is 78.3. The van der Waals surface area contributed by atoms with E-state index in [4.69, 9.17) is 52.4 Å². The van der Waals surface area contributed by atoms with Crippen molar-refractivity contribution in [3.05, 3.63) is 236 Å². The summed E-state index contributed by atoms with van der Waals surface area (Å²) in [5.41, 5.74) is 32.6. The number of carbonyl (C=O) groups is 5. The van der Waals surface area contributed by atoms with Crippen molar-refractivity contribution in [1.29, 1.82) is 0 Å². The average molecular weight is 1650 g/mol. The maximum atomic E-state index is 14.2. The molecule has 5 aromatic heterocycles. The highest BCUT2D eigenvalue weighted by Gasteiger charge is 2.40. The molecule has 10 heterocycles. The average Bonchev–Trinajstić information content (AvgIpc) is 1.73. The molecule has 2 saturated carbocycles. The number of amides is 5. The van der Waals surface area contributed by atoms with Gasteiger partial charge in [-0.05, 0) is 220 Å². The Balaban J connectivity index is 0.000000129. The van der Waals surface area contributed by atoms with Crippen LogP contribution in [0.5, 0.6) is 29.4 Å². The molecule has 17 rings (SSSR count). The summed E-state index contributed by atoms with van der Waals surface area (Å²) < 4.78 is 166. The van der Waals surface area contributed by atoms with Gasteiger partial charge in [0.05, 0.1) is 19.8 Å². The number of rotatable bonds is 15. The SMILES string of the molecule is C[C@@H]1Cc2c(-c3ccc(F)cc3F)cc(C(N)=O)nc2O[C@@H]1CO.C[C@H]1Cc2c(-c3ccc(F)cc3F)cc(C(N)=O)nc2O[C@H]1CO.NC(=O)c1cc(-c2ccc(F)cc2F)c2c(n1)O[C@@H](C1CC1)CC2.NC(=O)c1cc(-c2ccc(F)cc2F)c2c(n1)O[C@@H](CO)CC2.NC(=O)c1cc(-c2ccc(F)cc2F)c2c(n1)O[C@H](C1CC1)CC2. The third-order valence-electron chi connectivity index (χ3n) is 21.4. The predicted molar refractivity (Wildman–Crippen MR) is 410 cm³/mol. The van der Waals surface area contributed by atoms with Gasteiger partial charge in [-0.15, -0.1) is 0 Å². The number of benzene rings is 5. The Kier molecular flexibility index (Phi) is 25.3. The fraction of sp³-hybridized carbons (Fsp3) is 0.302. The second-order valence-electron chi connectivity index (χ2n) is 29.7. The van der Waals surface area contributed by atoms with Gasteiger partial charge in [0.2, 0.25) is 29.4 Å². The zero-order valence-corrected chi connectivity index (χ0v) is 63.7. The van der Waals surface area contributed by atoms with Gasteiger partial charge in [-0.3, -0.25) is 24.0 Å². The number of hydrogen-bond donors (Lipinski definition) is 8. The Morgan fingerprint density at radius 3 is 0.798 bits per heavy atom. The van der Waals surface area contributed by atoms with Crippen LogP contribution in [0.4, 0.5) is 43.9 Å². The van der Waals surface area contributed by atoms with E-state index < -0.39 is 106 Å². The number of aromatic nitrogens is 5. The van der Waals surface area contributed by atoms with Crippen LogP contribution in [0, 0.1) is 81.8 Å². The van der Waals surface area contributed by atoms with E-state index in [1.54, 1.807) is 0 Å². The first kappa shape index (κ1) is 84.3. The fourth-order valence-electron chi connectivity index (χ4n) is 14.8. The molecule has 7 atom stereocenters. The lowest BCUT2D eigenvalue weighted by Gasteiger charge is -2.31. The molecule has 5 aliphatic heterocycles. The van der Waals surface area contributed by atoms with Gasteiger partial charge < -0.3 is 67.7 Å². The van der Waals surface area contributed by atoms with E-state index in [-0.39, 0.29) is 118 Å². The number of carbonyl (C=O) groups excluding carboxylic acids is 5. The van der Waals surface area contributed by atoms with E-state index in [0.29, 0.717) is 107 Å². The molecular formula is C86H78F10N10O13. The van der Waals surface area contributed by atoms with Crippen LogP contribution >= 0.6 is 0 Å². The summed E-state index contributed by atoms with van der Waals surface area (Å²) in [7, 11) is 0. The number of pyridine rings is 5. The number of primary amides is 5. The minimum absolute atomic E-state index is 0.0175. The van der Waals surface area contributed by atoms with Crippen molar-refractivity contribution in [1.82, 2.24) is 24.9 Å². The first-order valence-electron chi connectivity index (χ1n) is 38.0. The van der Waals surface area contributed by atoms with Gasteiger partial charge in [0, 0.05) is 86.0 Å². The van der Waals surface area contributed by atoms with E-state index in [1.165, 1.54) is 72.8 Å². The third kappa shape index (κ3) is 19.0. The number of aliphatic hydroxyl groups is 3. The summed E-state index contributed by atoms with van der Waals surface area (Å²) in [6.45, 7) is 3.17. The van der Waals surface area contributed by atoms with E-state index in [0.717, 1.165) is 98.2 Å². The molecule has 13 N–H and O–H groups in total. The first-order chi connectivity index (χ1) is 56.8. The van der Waals surface area contributed by atoms with Gasteiger partial charge in [-0.25, -0.2) is 68.8 Å². The van der Waals surface area contributed by atoms with Gasteiger partial charge >= 0.3 is 0 Å². The summed E-state index contributed by atoms with van der Waals surface area (Å²) in [6.07, 6.45) is 8.26. The molecule has 2 fully saturated rings. The van der Waals surface area contributed by atoms with Crippen LogP contribution in [0.3, 0.4) is 0 Å². The molecule has 7 aliphatic rings. The van der Waals surface area contributed by atoms with Crippen LogP contribution in [0.25, 0.3) is 55.6 Å². The number of hydrogen-bond acceptors (Lipinski definition) is 18. The molecule has 0 bridgehead atoms. The van der Waals surface area contributed by atoms with E-state index in [1.807, 2.05) is 13.8 Å². The molecule has 0 spiro atoms. The standard InChI is InChI=1S/2C18H16F2N2O2.2C17H16F2N2O3.C16H14F2N2O3/c2*19-10-3-4-11(14(20)7-10)13-8-15(17(21)23)22-18-12(13)5-6-16(24-18)9-1-2-9;2*1-8-4-12-11(10-3-2-9(18)5-13(10)19)6-14(16(20)23)21-17(12)24-15(8)7-22;17-8-1-3-10(13(18)5-8)12-6-14(15(19)22)20-16-11(12)4-2-9(7-21)23-16/h2*3-4,7-9,16H,1-2,5-6H2,(H2,21,23);2*2-3,5-6,8,15,22H,4,7H2,1H3,(H2,20,23);1,3,5-6,9,21H,2,4,7H2,(H2,19,22)/t2*16-;2*8-,15-;9-/m10101/s1. The molecular weight excluding hydrogens is 1570 g/mol. The summed E-state index contributed by atoms with van der Waals surface area (Å²) in [5.74, 6) is -8.72. The van der Waals surface area contributed by atoms with E-state index >= 15 is 0 Å². The number of nitrogens with zero attached hydrogens (tertiary/aromatic N) is 5. The van der Waals surface area contributed by atoms with Crippen molar-refractivity contribution in [3.63, 3.8) is 0 Å². The minimum atomic E-state index is -0.788. The van der Waals surface area contributed by atoms with Crippen molar-refractivity contribution in [2.45, 2.75) is 121 Å². The van der Waals surface area contributed by atoms with Crippen molar-refractivity contribution in [2.24, 2.45) is 52.3 Å². The Bertz CT molecular complexity index is 5370. The van der Waals surface area contributed by atoms with Crippen molar-refractivity contribution in [3.8, 4) is 85.0 Å². The number of aliphatic hydroxyl groups excluding tert-OH is 3. The smallest absolute Gasteiger partial charge is 0.267 e. The van der Waals surface area contributed by atoms with Crippen LogP contribution < -0.4 is 52.4 Å². The molecule has 620 valence electrons. The largest absolute Gasteiger partial charge is 0.474 e. The number of halogens is 10. The van der Waals surface area contributed by atoms with Gasteiger partial charge in [0.15, 0.2) is 0 Å². The zero-order chi connectivity index (χ0) is 85.1. The number of ether oxygens (including phenoxy) is 5. The Morgan fingerprint density at radius 1 is 0.319 bits per heavy atom. The highest BCUT2D eigenvalue weighted by Crippen LogP contribution is 2.47. The van der Waals surface area contributed by atoms with Crippen LogP contribution in [0.2, 0.25) is 0 Å². The molecule has 0 unspecified atom stereocenters. The predicted octanol–water partition coefficient (Wildman–Crippen LogP) is 12.4. The van der Waals surface area contributed by atoms with Crippen LogP contribution in [-0.2, 0) is 32.1 Å². The van der Waals surface area contributed by atoms with Crippen molar-refractivity contribution >= 4 is 29.5 Å². The quantitative estimate of drug-likeness (QED) is 0.0442. The maximum Gasteiger partial charge on any atom is 0.267 e. The van der Waals surface area contributed by atoms with Crippen molar-refractivity contribution < 1.29 is 107 Å². The minimum Gasteiger partial charge on any atom is -0.474 e. The molecule has 119 heavy (non-hydrogen) atoms. The molecule has 33 heteroatoms. The van der Waals surface area contributed by atoms with Gasteiger partial charge in [0.25, 0.3) is 29.5 Å². The van der Waals surface area contributed by atoms with Crippen LogP contribution in [0.1, 0.15) is 139 Å². The van der Waals surface area contributed by atoms with Crippen LogP contribution in [-0.4, -0.2) is 120 Å². The number of nitrogens with two attached hydrogens (primary N) is 5. The fourth-order valence-corrected chi connectivity index (χ4v) is 14.8. The van der Waals surface area contributed by atoms with Crippen molar-refractivity contribution in [2.75, 3.05) is 19.8 Å². The van der Waals surface area contributed by atoms with Gasteiger partial charge in [-0.2, -0.15) is 0 Å². The molecule has 5 amide bonds. The van der Waals surface area contributed by atoms with Gasteiger partial charge in [0.1, 0.15) is 117 Å². The molecule has 5 aromatic carbocycles. The molecule has 0 radical (unpaired) electrons. The first-order valence-corrected chi connectivity index (χ1v) is 38.0. The second kappa shape index (κ2) is 35.7. The molecule has 0 saturated heterocycles. The summed E-state index contributed by atoms with van der Waals surface area (Å²) >= 11 is 0. The topological polar surface area (TPSA) is 387 Å². The Labute approximate surface area is 672 Å². The lowest BCUT2D eigenvalue weighted by atomic mass is 9.88. The second-order valence-corrected chi connectivity index (χ2v) is 29.7. The lowest BCUT2D eigenvalue weighted by Crippen LogP contribution is -2.35. The molecule has 10 aromatic rings. The van der Waals surface area contributed by atoms with Crippen LogP contribution in [0.15, 0.2) is 121 Å². The monoisotopic (exact) mass is 1650 g/mol. The number of fused-ring (bicyclic) bond motifs is 5. The third-order valence-corrected chi connectivity index (χ3v) is 21.4. The maximum absolute atomic E-state index is 14.2. The normalized spacial score (nSPS) is 18.9. The summed E-state index contributed by atoms with van der Waals surface area (Å²) in [5, 5.41) is 28.0. The van der Waals surface area contributed by atoms with Gasteiger partial charge in [-0.1, -0.05) is 13.8 Å². The highest BCUT2D eigenvalue weighted by atomic mass is 19.2. The lowest BCUT2D eigenvalue weighted by molar-refractivity contribution is 0.0561. The van der Waals surface area contributed by atoms with E-state index in [2.05, 4.69) is 24.9 Å². The Hall–Kier alpha value is -12.6. The molecule has 23 nitrogen and oxygen atoms in total. The zero-order valence-electron chi connectivity index (χ0n) is 63.7. The summed E-state index contributed by atoms with van der Waals surface area (Å²) in [6, 6.07) is 23.4. The van der Waals surface area contributed by atoms with E-state index in [9.17, 15) is 83.2 Å². The molecule has 2 aliphatic carbocycles. The highest BCUT2D eigenvalue weighted by molar-refractivity contribution is 5.96.